The number of hydrogen-bond donors (Lipinski definition) is 0. The normalized spacial score (nSPS) is 16.7. The van der Waals surface area contributed by atoms with Gasteiger partial charge in [0, 0.05) is 41.6 Å². The number of hydrogen-bond acceptors (Lipinski definition) is 7. The molecule has 172 valence electrons. The summed E-state index contributed by atoms with van der Waals surface area (Å²) >= 11 is 2.29. The molecule has 3 aromatic heterocycles. The molecule has 0 aliphatic carbocycles. The zero-order valence-electron chi connectivity index (χ0n) is 19.1. The second-order valence-electron chi connectivity index (χ2n) is 8.94. The van der Waals surface area contributed by atoms with Crippen LogP contribution in [0.15, 0.2) is 30.9 Å². The number of amides is 1. The molecule has 0 bridgehead atoms. The number of carbonyl (C=O) groups excluding carboxylic acids is 1. The van der Waals surface area contributed by atoms with E-state index in [4.69, 9.17) is 4.74 Å². The molecule has 1 amide bonds. The zero-order chi connectivity index (χ0) is 23.8. The van der Waals surface area contributed by atoms with Crippen molar-refractivity contribution in [3.8, 4) is 11.9 Å². The number of nitriles is 1. The lowest BCUT2D eigenvalue weighted by Crippen LogP contribution is -2.55. The molecule has 0 spiro atoms. The van der Waals surface area contributed by atoms with Gasteiger partial charge in [-0.2, -0.15) is 5.26 Å². The minimum Gasteiger partial charge on any atom is -0.444 e. The number of piperazine rings is 1. The quantitative estimate of drug-likeness (QED) is 0.445. The summed E-state index contributed by atoms with van der Waals surface area (Å²) in [5.74, 6) is 1.48. The van der Waals surface area contributed by atoms with Gasteiger partial charge >= 0.3 is 6.09 Å². The highest BCUT2D eigenvalue weighted by molar-refractivity contribution is 14.1. The van der Waals surface area contributed by atoms with Crippen molar-refractivity contribution in [3.63, 3.8) is 0 Å². The maximum Gasteiger partial charge on any atom is 0.410 e. The minimum absolute atomic E-state index is 0.101. The van der Waals surface area contributed by atoms with Gasteiger partial charge in [0.05, 0.1) is 17.0 Å². The fourth-order valence-electron chi connectivity index (χ4n) is 3.99. The van der Waals surface area contributed by atoms with E-state index in [-0.39, 0.29) is 12.1 Å². The van der Waals surface area contributed by atoms with Crippen LogP contribution in [0.25, 0.3) is 16.9 Å². The van der Waals surface area contributed by atoms with Crippen LogP contribution < -0.4 is 4.90 Å². The molecule has 0 saturated carbocycles. The predicted molar refractivity (Wildman–Crippen MR) is 133 cm³/mol. The second-order valence-corrected chi connectivity index (χ2v) is 10.1. The summed E-state index contributed by atoms with van der Waals surface area (Å²) in [5, 5.41) is 10.2. The Morgan fingerprint density at radius 2 is 2.09 bits per heavy atom. The molecule has 1 aliphatic heterocycles. The van der Waals surface area contributed by atoms with Gasteiger partial charge in [-0.15, -0.1) is 0 Å². The van der Waals surface area contributed by atoms with E-state index in [1.165, 1.54) is 0 Å². The molecule has 33 heavy (non-hydrogen) atoms. The Hall–Kier alpha value is -2.94. The summed E-state index contributed by atoms with van der Waals surface area (Å²) in [5.41, 5.74) is 0.747. The van der Waals surface area contributed by atoms with Gasteiger partial charge < -0.3 is 14.5 Å². The van der Waals surface area contributed by atoms with Crippen molar-refractivity contribution in [1.29, 1.82) is 5.26 Å². The van der Waals surface area contributed by atoms with Crippen molar-refractivity contribution < 1.29 is 9.53 Å². The van der Waals surface area contributed by atoms with Crippen LogP contribution in [0.3, 0.4) is 0 Å². The van der Waals surface area contributed by atoms with Gasteiger partial charge in [-0.1, -0.05) is 6.92 Å². The molecule has 0 N–H and O–H groups in total. The molecule has 9 nitrogen and oxygen atoms in total. The number of fused-ring (bicyclic) bond motifs is 1. The lowest BCUT2D eigenvalue weighted by molar-refractivity contribution is 0.0213. The van der Waals surface area contributed by atoms with Crippen molar-refractivity contribution >= 4 is 45.5 Å². The topological polar surface area (TPSA) is 100 Å². The average molecular weight is 559 g/mol. The van der Waals surface area contributed by atoms with Crippen LogP contribution >= 0.6 is 22.6 Å². The van der Waals surface area contributed by atoms with Crippen molar-refractivity contribution in [2.24, 2.45) is 0 Å². The SMILES string of the molecule is CC[C@H]1CN(C(=O)OC(C)(C)C)CCN1c1ncnc2c1c(I)cn2-c1cc(C#N)ccn1. The van der Waals surface area contributed by atoms with E-state index in [1.54, 1.807) is 29.6 Å². The number of ether oxygens (including phenoxy) is 1. The van der Waals surface area contributed by atoms with Crippen LogP contribution in [-0.4, -0.2) is 61.8 Å². The van der Waals surface area contributed by atoms with E-state index >= 15 is 0 Å². The van der Waals surface area contributed by atoms with Gasteiger partial charge in [-0.25, -0.2) is 19.7 Å². The fourth-order valence-corrected chi connectivity index (χ4v) is 4.75. The molecule has 4 rings (SSSR count). The highest BCUT2D eigenvalue weighted by atomic mass is 127. The predicted octanol–water partition coefficient (Wildman–Crippen LogP) is 4.13. The highest BCUT2D eigenvalue weighted by Crippen LogP contribution is 2.33. The Kier molecular flexibility index (Phi) is 6.43. The van der Waals surface area contributed by atoms with Crippen LogP contribution in [0.5, 0.6) is 0 Å². The van der Waals surface area contributed by atoms with Crippen molar-refractivity contribution in [3.05, 3.63) is 40.0 Å². The summed E-state index contributed by atoms with van der Waals surface area (Å²) in [6.07, 6.45) is 5.72. The molecule has 0 aromatic carbocycles. The lowest BCUT2D eigenvalue weighted by atomic mass is 10.1. The first kappa shape index (κ1) is 23.2. The third kappa shape index (κ3) is 4.73. The molecule has 1 aliphatic rings. The molecule has 0 unspecified atom stereocenters. The number of nitrogens with zero attached hydrogens (tertiary/aromatic N) is 7. The number of carbonyl (C=O) groups is 1. The van der Waals surface area contributed by atoms with Crippen LogP contribution in [0.1, 0.15) is 39.7 Å². The first-order valence-electron chi connectivity index (χ1n) is 10.8. The molecule has 3 aromatic rings. The highest BCUT2D eigenvalue weighted by Gasteiger charge is 2.33. The molecular weight excluding hydrogens is 533 g/mol. The first-order valence-corrected chi connectivity index (χ1v) is 11.9. The van der Waals surface area contributed by atoms with Crippen molar-refractivity contribution in [2.75, 3.05) is 24.5 Å². The molecule has 1 atom stereocenters. The lowest BCUT2D eigenvalue weighted by Gasteiger charge is -2.42. The van der Waals surface area contributed by atoms with Crippen LogP contribution in [0, 0.1) is 14.9 Å². The van der Waals surface area contributed by atoms with Gasteiger partial charge in [0.2, 0.25) is 0 Å². The number of rotatable bonds is 3. The van der Waals surface area contributed by atoms with Crippen LogP contribution in [0.2, 0.25) is 0 Å². The Morgan fingerprint density at radius 1 is 1.30 bits per heavy atom. The smallest absolute Gasteiger partial charge is 0.410 e. The molecular formula is C23H26IN7O2. The first-order chi connectivity index (χ1) is 15.7. The van der Waals surface area contributed by atoms with Crippen molar-refractivity contribution in [1.82, 2.24) is 24.4 Å². The average Bonchev–Trinajstić information content (AvgIpc) is 3.14. The molecule has 4 heterocycles. The zero-order valence-corrected chi connectivity index (χ0v) is 21.3. The minimum atomic E-state index is -0.523. The van der Waals surface area contributed by atoms with Crippen LogP contribution in [0.4, 0.5) is 10.6 Å². The molecule has 1 fully saturated rings. The fraction of sp³-hybridized carbons (Fsp3) is 0.435. The number of halogens is 1. The summed E-state index contributed by atoms with van der Waals surface area (Å²) in [6, 6.07) is 5.68. The van der Waals surface area contributed by atoms with Crippen LogP contribution in [-0.2, 0) is 4.74 Å². The standard InChI is InChI=1S/C23H26IN7O2/c1-5-16-12-29(22(32)33-23(2,3)4)8-9-30(16)20-19-17(24)13-31(21(19)28-14-27-20)18-10-15(11-25)6-7-26-18/h6-7,10,13-14,16H,5,8-9,12H2,1-4H3/t16-/m0/s1. The molecule has 10 heteroatoms. The molecule has 0 radical (unpaired) electrons. The van der Waals surface area contributed by atoms with Gasteiger partial charge in [-0.3, -0.25) is 4.57 Å². The summed E-state index contributed by atoms with van der Waals surface area (Å²) in [4.78, 5) is 30.3. The Labute approximate surface area is 206 Å². The van der Waals surface area contributed by atoms with E-state index in [2.05, 4.69) is 55.4 Å². The van der Waals surface area contributed by atoms with Gasteiger partial charge in [-0.05, 0) is 61.9 Å². The van der Waals surface area contributed by atoms with E-state index in [1.807, 2.05) is 31.5 Å². The van der Waals surface area contributed by atoms with E-state index in [0.29, 0.717) is 31.0 Å². The molecule has 1 saturated heterocycles. The Balaban J connectivity index is 1.68. The third-order valence-corrected chi connectivity index (χ3v) is 6.33. The van der Waals surface area contributed by atoms with Crippen molar-refractivity contribution in [2.45, 2.75) is 45.8 Å². The number of pyridine rings is 1. The number of anilines is 1. The van der Waals surface area contributed by atoms with Gasteiger partial charge in [0.25, 0.3) is 0 Å². The Bertz CT molecular complexity index is 1230. The van der Waals surface area contributed by atoms with E-state index < -0.39 is 5.60 Å². The van der Waals surface area contributed by atoms with Gasteiger partial charge in [0.1, 0.15) is 23.6 Å². The summed E-state index contributed by atoms with van der Waals surface area (Å²) in [6.45, 7) is 9.52. The third-order valence-electron chi connectivity index (χ3n) is 5.52. The Morgan fingerprint density at radius 3 is 2.79 bits per heavy atom. The van der Waals surface area contributed by atoms with E-state index in [0.717, 1.165) is 26.8 Å². The number of aromatic nitrogens is 4. The second kappa shape index (κ2) is 9.13. The summed E-state index contributed by atoms with van der Waals surface area (Å²) in [7, 11) is 0. The van der Waals surface area contributed by atoms with Gasteiger partial charge in [0.15, 0.2) is 5.65 Å². The maximum atomic E-state index is 12.6. The maximum absolute atomic E-state index is 12.6. The largest absolute Gasteiger partial charge is 0.444 e. The monoisotopic (exact) mass is 559 g/mol. The summed E-state index contributed by atoms with van der Waals surface area (Å²) < 4.78 is 8.46. The van der Waals surface area contributed by atoms with E-state index in [9.17, 15) is 10.1 Å².